The Balaban J connectivity index is 2.74. The van der Waals surface area contributed by atoms with E-state index < -0.39 is 0 Å². The van der Waals surface area contributed by atoms with Crippen LogP contribution < -0.4 is 5.32 Å². The summed E-state index contributed by atoms with van der Waals surface area (Å²) in [4.78, 5) is 3.96. The van der Waals surface area contributed by atoms with Crippen LogP contribution in [0, 0.1) is 0 Å². The summed E-state index contributed by atoms with van der Waals surface area (Å²) in [6, 6.07) is 0.479. The van der Waals surface area contributed by atoms with Crippen LogP contribution in [0.25, 0.3) is 0 Å². The molecule has 0 aromatic carbocycles. The molecule has 0 aliphatic rings. The first-order valence-corrected chi connectivity index (χ1v) is 2.87. The molecule has 1 aromatic heterocycles. The fourth-order valence-electron chi connectivity index (χ4n) is 0.499. The molecule has 0 fully saturated rings. The lowest BCUT2D eigenvalue weighted by Gasteiger charge is -1.82. The van der Waals surface area contributed by atoms with Crippen molar-refractivity contribution in [3.63, 3.8) is 0 Å². The molecule has 9 heavy (non-hydrogen) atoms. The highest BCUT2D eigenvalue weighted by Gasteiger charge is 1.98. The van der Waals surface area contributed by atoms with Crippen molar-refractivity contribution < 1.29 is 4.52 Å². The summed E-state index contributed by atoms with van der Waals surface area (Å²) in [6.45, 7) is 1.98. The summed E-state index contributed by atoms with van der Waals surface area (Å²) in [5.74, 6) is 0.736. The average Bonchev–Trinajstić information content (AvgIpc) is 2.34. The molecule has 1 aromatic rings. The average molecular weight is 127 g/mol. The zero-order chi connectivity index (χ0) is 6.69. The van der Waals surface area contributed by atoms with E-state index in [0.717, 1.165) is 12.2 Å². The van der Waals surface area contributed by atoms with Crippen LogP contribution in [0.5, 0.6) is 0 Å². The molecule has 0 saturated heterocycles. The van der Waals surface area contributed by atoms with Gasteiger partial charge in [0.1, 0.15) is 0 Å². The molecule has 4 nitrogen and oxygen atoms in total. The fraction of sp³-hybridized carbons (Fsp3) is 0.600. The van der Waals surface area contributed by atoms with E-state index in [9.17, 15) is 0 Å². The monoisotopic (exact) mass is 127 g/mol. The van der Waals surface area contributed by atoms with Crippen molar-refractivity contribution in [2.45, 2.75) is 13.3 Å². The highest BCUT2D eigenvalue weighted by Crippen LogP contribution is 2.00. The molecule has 4 heteroatoms. The standard InChI is InChI=1S/C5H9N3O/c1-3-4-7-5(6-2)9-8-4/h3H2,1-2H3,(H,6,7,8). The molecule has 1 N–H and O–H groups in total. The summed E-state index contributed by atoms with van der Waals surface area (Å²) in [5, 5.41) is 6.40. The Morgan fingerprint density at radius 3 is 2.78 bits per heavy atom. The van der Waals surface area contributed by atoms with Crippen LogP contribution in [0.3, 0.4) is 0 Å². The number of hydrogen-bond donors (Lipinski definition) is 1. The van der Waals surface area contributed by atoms with Gasteiger partial charge in [-0.1, -0.05) is 12.1 Å². The molecule has 0 radical (unpaired) electrons. The van der Waals surface area contributed by atoms with Crippen molar-refractivity contribution in [1.82, 2.24) is 10.1 Å². The lowest BCUT2D eigenvalue weighted by atomic mass is 10.5. The lowest BCUT2D eigenvalue weighted by molar-refractivity contribution is 0.425. The normalized spacial score (nSPS) is 9.56. The second-order valence-corrected chi connectivity index (χ2v) is 1.62. The van der Waals surface area contributed by atoms with Gasteiger partial charge < -0.3 is 9.84 Å². The molecule has 50 valence electrons. The van der Waals surface area contributed by atoms with Gasteiger partial charge in [-0.05, 0) is 0 Å². The molecule has 0 atom stereocenters. The third-order valence-electron chi connectivity index (χ3n) is 0.998. The van der Waals surface area contributed by atoms with Gasteiger partial charge in [-0.15, -0.1) is 0 Å². The molecule has 0 bridgehead atoms. The van der Waals surface area contributed by atoms with Gasteiger partial charge >= 0.3 is 6.01 Å². The van der Waals surface area contributed by atoms with Crippen molar-refractivity contribution in [2.24, 2.45) is 0 Å². The van der Waals surface area contributed by atoms with Gasteiger partial charge in [0.25, 0.3) is 0 Å². The topological polar surface area (TPSA) is 51.0 Å². The zero-order valence-electron chi connectivity index (χ0n) is 5.51. The molecular formula is C5H9N3O. The minimum Gasteiger partial charge on any atom is -0.341 e. The Morgan fingerprint density at radius 1 is 1.67 bits per heavy atom. The van der Waals surface area contributed by atoms with Crippen molar-refractivity contribution in [1.29, 1.82) is 0 Å². The van der Waals surface area contributed by atoms with E-state index in [1.54, 1.807) is 7.05 Å². The third-order valence-corrected chi connectivity index (χ3v) is 0.998. The second kappa shape index (κ2) is 2.48. The first-order chi connectivity index (χ1) is 4.36. The maximum atomic E-state index is 4.73. The highest BCUT2D eigenvalue weighted by atomic mass is 16.5. The number of nitrogens with zero attached hydrogens (tertiary/aromatic N) is 2. The molecule has 0 amide bonds. The van der Waals surface area contributed by atoms with Crippen molar-refractivity contribution >= 4 is 6.01 Å². The molecule has 1 rings (SSSR count). The Morgan fingerprint density at radius 2 is 2.44 bits per heavy atom. The van der Waals surface area contributed by atoms with Crippen LogP contribution in [0.15, 0.2) is 4.52 Å². The van der Waals surface area contributed by atoms with E-state index in [2.05, 4.69) is 15.5 Å². The summed E-state index contributed by atoms with van der Waals surface area (Å²) in [6.07, 6.45) is 0.811. The predicted octanol–water partition coefficient (Wildman–Crippen LogP) is 0.674. The van der Waals surface area contributed by atoms with Gasteiger partial charge in [-0.2, -0.15) is 4.98 Å². The van der Waals surface area contributed by atoms with E-state index in [4.69, 9.17) is 4.52 Å². The Hall–Kier alpha value is -1.06. The van der Waals surface area contributed by atoms with E-state index >= 15 is 0 Å². The summed E-state index contributed by atoms with van der Waals surface area (Å²) >= 11 is 0. The van der Waals surface area contributed by atoms with Crippen LogP contribution in [0.1, 0.15) is 12.7 Å². The first kappa shape index (κ1) is 6.07. The first-order valence-electron chi connectivity index (χ1n) is 2.87. The van der Waals surface area contributed by atoms with Crippen LogP contribution >= 0.6 is 0 Å². The number of hydrogen-bond acceptors (Lipinski definition) is 4. The maximum absolute atomic E-state index is 4.73. The van der Waals surface area contributed by atoms with Gasteiger partial charge in [0.2, 0.25) is 0 Å². The van der Waals surface area contributed by atoms with Gasteiger partial charge in [0.15, 0.2) is 5.82 Å². The molecule has 0 aliphatic carbocycles. The summed E-state index contributed by atoms with van der Waals surface area (Å²) in [5.41, 5.74) is 0. The van der Waals surface area contributed by atoms with Crippen LogP contribution in [-0.4, -0.2) is 17.2 Å². The van der Waals surface area contributed by atoms with Gasteiger partial charge in [-0.25, -0.2) is 0 Å². The van der Waals surface area contributed by atoms with Gasteiger partial charge in [0.05, 0.1) is 0 Å². The van der Waals surface area contributed by atoms with Crippen molar-refractivity contribution in [3.05, 3.63) is 5.82 Å². The molecule has 0 aliphatic heterocycles. The molecule has 0 unspecified atom stereocenters. The number of aromatic nitrogens is 2. The number of nitrogens with one attached hydrogen (secondary N) is 1. The smallest absolute Gasteiger partial charge is 0.321 e. The third kappa shape index (κ3) is 1.19. The quantitative estimate of drug-likeness (QED) is 0.634. The van der Waals surface area contributed by atoms with Crippen molar-refractivity contribution in [2.75, 3.05) is 12.4 Å². The van der Waals surface area contributed by atoms with E-state index in [-0.39, 0.29) is 0 Å². The second-order valence-electron chi connectivity index (χ2n) is 1.62. The van der Waals surface area contributed by atoms with E-state index in [0.29, 0.717) is 6.01 Å². The number of anilines is 1. The maximum Gasteiger partial charge on any atom is 0.321 e. The van der Waals surface area contributed by atoms with Crippen LogP contribution in [0.2, 0.25) is 0 Å². The van der Waals surface area contributed by atoms with Gasteiger partial charge in [-0.3, -0.25) is 0 Å². The van der Waals surface area contributed by atoms with E-state index in [1.165, 1.54) is 0 Å². The molecule has 0 saturated carbocycles. The number of aryl methyl sites for hydroxylation is 1. The SMILES string of the molecule is CCc1noc(NC)n1. The molecular weight excluding hydrogens is 118 g/mol. The Kier molecular flexibility index (Phi) is 1.67. The van der Waals surface area contributed by atoms with Crippen molar-refractivity contribution in [3.8, 4) is 0 Å². The lowest BCUT2D eigenvalue weighted by Crippen LogP contribution is -1.87. The molecule has 1 heterocycles. The zero-order valence-corrected chi connectivity index (χ0v) is 5.51. The van der Waals surface area contributed by atoms with Crippen LogP contribution in [-0.2, 0) is 6.42 Å². The minimum absolute atomic E-state index is 0.479. The minimum atomic E-state index is 0.479. The highest BCUT2D eigenvalue weighted by molar-refractivity contribution is 5.15. The summed E-state index contributed by atoms with van der Waals surface area (Å²) < 4.78 is 4.73. The Bertz CT molecular complexity index is 166. The van der Waals surface area contributed by atoms with Crippen LogP contribution in [0.4, 0.5) is 6.01 Å². The number of rotatable bonds is 2. The summed E-state index contributed by atoms with van der Waals surface area (Å²) in [7, 11) is 1.74. The van der Waals surface area contributed by atoms with Gasteiger partial charge in [0, 0.05) is 13.5 Å². The Labute approximate surface area is 53.3 Å². The molecule has 0 spiro atoms. The van der Waals surface area contributed by atoms with E-state index in [1.807, 2.05) is 6.92 Å². The largest absolute Gasteiger partial charge is 0.341 e. The predicted molar refractivity (Wildman–Crippen MR) is 33.2 cm³/mol. The fourth-order valence-corrected chi connectivity index (χ4v) is 0.499.